The van der Waals surface area contributed by atoms with E-state index in [9.17, 15) is 21.6 Å². The quantitative estimate of drug-likeness (QED) is 0.850. The summed E-state index contributed by atoms with van der Waals surface area (Å²) in [7, 11) is -4.28. The zero-order valence-corrected chi connectivity index (χ0v) is 8.14. The van der Waals surface area contributed by atoms with Crippen LogP contribution in [-0.2, 0) is 16.0 Å². The van der Waals surface area contributed by atoms with E-state index in [-0.39, 0.29) is 0 Å². The van der Waals surface area contributed by atoms with E-state index >= 15 is 0 Å². The van der Waals surface area contributed by atoms with Crippen molar-refractivity contribution >= 4 is 9.84 Å². The molecule has 0 atom stereocenters. The number of alkyl halides is 3. The molecule has 1 rings (SSSR count). The van der Waals surface area contributed by atoms with Crippen LogP contribution in [0, 0.1) is 0 Å². The Kier molecular flexibility index (Phi) is 3.05. The van der Waals surface area contributed by atoms with E-state index < -0.39 is 32.4 Å². The second-order valence-corrected chi connectivity index (χ2v) is 4.67. The van der Waals surface area contributed by atoms with E-state index in [1.165, 1.54) is 0 Å². The maximum atomic E-state index is 12.4. The van der Waals surface area contributed by atoms with Crippen molar-refractivity contribution in [2.45, 2.75) is 11.1 Å². The molecule has 7 heteroatoms. The minimum atomic E-state index is -4.75. The van der Waals surface area contributed by atoms with Crippen molar-refractivity contribution in [2.24, 2.45) is 0 Å². The summed E-state index contributed by atoms with van der Waals surface area (Å²) in [6, 6.07) is 3.72. The lowest BCUT2D eigenvalue weighted by atomic mass is 10.2. The van der Waals surface area contributed by atoms with Gasteiger partial charge in [-0.25, -0.2) is 8.42 Å². The van der Waals surface area contributed by atoms with Crippen molar-refractivity contribution in [1.82, 2.24) is 0 Å². The van der Waals surface area contributed by atoms with Gasteiger partial charge >= 0.3 is 6.18 Å². The first kappa shape index (κ1) is 12.0. The lowest BCUT2D eigenvalue weighted by Crippen LogP contribution is -2.15. The second-order valence-electron chi connectivity index (χ2n) is 2.74. The highest BCUT2D eigenvalue weighted by atomic mass is 32.2. The summed E-state index contributed by atoms with van der Waals surface area (Å²) in [6.07, 6.45) is -4.75. The third kappa shape index (κ3) is 2.48. The summed E-state index contributed by atoms with van der Waals surface area (Å²) in [4.78, 5) is -0.903. The molecule has 0 amide bonds. The van der Waals surface area contributed by atoms with Gasteiger partial charge in [0.15, 0.2) is 0 Å². The molecule has 0 aliphatic carbocycles. The molecule has 0 radical (unpaired) electrons. The molecule has 1 N–H and O–H groups in total. The SMILES string of the molecule is O=S(=O)(CO)c1ccccc1C(F)(F)F. The molecule has 0 bridgehead atoms. The van der Waals surface area contributed by atoms with Crippen LogP contribution in [0.15, 0.2) is 29.2 Å². The van der Waals surface area contributed by atoms with Gasteiger partial charge in [-0.05, 0) is 12.1 Å². The minimum Gasteiger partial charge on any atom is -0.380 e. The van der Waals surface area contributed by atoms with Crippen molar-refractivity contribution in [3.8, 4) is 0 Å². The zero-order chi connectivity index (χ0) is 11.7. The molecular weight excluding hydrogens is 233 g/mol. The molecule has 0 saturated heterocycles. The molecule has 0 spiro atoms. The molecule has 0 aromatic heterocycles. The summed E-state index contributed by atoms with van der Waals surface area (Å²) in [5.74, 6) is -1.35. The van der Waals surface area contributed by atoms with Crippen molar-refractivity contribution in [2.75, 3.05) is 5.94 Å². The number of sulfone groups is 1. The summed E-state index contributed by atoms with van der Waals surface area (Å²) in [6.45, 7) is 0. The van der Waals surface area contributed by atoms with Crippen LogP contribution in [0.3, 0.4) is 0 Å². The van der Waals surface area contributed by atoms with E-state index in [2.05, 4.69) is 0 Å². The Morgan fingerprint density at radius 2 is 1.73 bits per heavy atom. The Morgan fingerprint density at radius 1 is 1.20 bits per heavy atom. The van der Waals surface area contributed by atoms with Crippen molar-refractivity contribution in [3.63, 3.8) is 0 Å². The fourth-order valence-electron chi connectivity index (χ4n) is 1.04. The Bertz CT molecular complexity index is 450. The molecule has 0 fully saturated rings. The normalized spacial score (nSPS) is 12.8. The molecule has 0 aliphatic heterocycles. The van der Waals surface area contributed by atoms with E-state index in [0.717, 1.165) is 18.2 Å². The second kappa shape index (κ2) is 3.82. The smallest absolute Gasteiger partial charge is 0.380 e. The number of aliphatic hydroxyl groups is 1. The van der Waals surface area contributed by atoms with Gasteiger partial charge in [-0.15, -0.1) is 0 Å². The van der Waals surface area contributed by atoms with Crippen LogP contribution in [0.25, 0.3) is 0 Å². The van der Waals surface area contributed by atoms with Gasteiger partial charge in [-0.1, -0.05) is 12.1 Å². The van der Waals surface area contributed by atoms with E-state index in [1.807, 2.05) is 0 Å². The van der Waals surface area contributed by atoms with Gasteiger partial charge < -0.3 is 5.11 Å². The van der Waals surface area contributed by atoms with Gasteiger partial charge in [0.25, 0.3) is 0 Å². The number of rotatable bonds is 2. The summed E-state index contributed by atoms with van der Waals surface area (Å²) >= 11 is 0. The van der Waals surface area contributed by atoms with Crippen LogP contribution in [0.4, 0.5) is 13.2 Å². The largest absolute Gasteiger partial charge is 0.417 e. The molecule has 3 nitrogen and oxygen atoms in total. The number of hydrogen-bond donors (Lipinski definition) is 1. The Morgan fingerprint density at radius 3 is 2.20 bits per heavy atom. The maximum absolute atomic E-state index is 12.4. The van der Waals surface area contributed by atoms with Gasteiger partial charge in [-0.3, -0.25) is 0 Å². The maximum Gasteiger partial charge on any atom is 0.417 e. The van der Waals surface area contributed by atoms with Gasteiger partial charge in [0.05, 0.1) is 10.5 Å². The summed E-state index contributed by atoms with van der Waals surface area (Å²) < 4.78 is 59.3. The monoisotopic (exact) mass is 240 g/mol. The van der Waals surface area contributed by atoms with E-state index in [0.29, 0.717) is 6.07 Å². The van der Waals surface area contributed by atoms with Crippen LogP contribution in [-0.4, -0.2) is 19.5 Å². The van der Waals surface area contributed by atoms with E-state index in [1.54, 1.807) is 0 Å². The van der Waals surface area contributed by atoms with Crippen LogP contribution in [0.1, 0.15) is 5.56 Å². The first-order valence-electron chi connectivity index (χ1n) is 3.79. The van der Waals surface area contributed by atoms with Gasteiger partial charge in [-0.2, -0.15) is 13.2 Å². The first-order chi connectivity index (χ1) is 6.79. The molecule has 15 heavy (non-hydrogen) atoms. The fraction of sp³-hybridized carbons (Fsp3) is 0.250. The van der Waals surface area contributed by atoms with E-state index in [4.69, 9.17) is 5.11 Å². The van der Waals surface area contributed by atoms with Crippen LogP contribution in [0.5, 0.6) is 0 Å². The molecule has 0 aliphatic rings. The fourth-order valence-corrected chi connectivity index (χ4v) is 1.99. The third-order valence-corrected chi connectivity index (χ3v) is 3.06. The predicted octanol–water partition coefficient (Wildman–Crippen LogP) is 1.43. The number of aliphatic hydroxyl groups excluding tert-OH is 1. The standard InChI is InChI=1S/C8H7F3O3S/c9-8(10,11)6-3-1-2-4-7(6)15(13,14)5-12/h1-4,12H,5H2. The number of hydrogen-bond acceptors (Lipinski definition) is 3. The number of halogens is 3. The van der Waals surface area contributed by atoms with Crippen LogP contribution in [0.2, 0.25) is 0 Å². The predicted molar refractivity (Wildman–Crippen MR) is 45.7 cm³/mol. The van der Waals surface area contributed by atoms with Crippen molar-refractivity contribution < 1.29 is 26.7 Å². The molecular formula is C8H7F3O3S. The van der Waals surface area contributed by atoms with Gasteiger partial charge in [0, 0.05) is 0 Å². The molecule has 0 saturated carbocycles. The number of benzene rings is 1. The molecule has 1 aromatic rings. The Balaban J connectivity index is 3.45. The van der Waals surface area contributed by atoms with Gasteiger partial charge in [0.2, 0.25) is 9.84 Å². The topological polar surface area (TPSA) is 54.4 Å². The van der Waals surface area contributed by atoms with Crippen LogP contribution >= 0.6 is 0 Å². The highest BCUT2D eigenvalue weighted by Crippen LogP contribution is 2.34. The first-order valence-corrected chi connectivity index (χ1v) is 5.44. The van der Waals surface area contributed by atoms with Crippen molar-refractivity contribution in [3.05, 3.63) is 29.8 Å². The summed E-state index contributed by atoms with van der Waals surface area (Å²) in [5, 5.41) is 8.48. The van der Waals surface area contributed by atoms with Crippen molar-refractivity contribution in [1.29, 1.82) is 0 Å². The Hall–Kier alpha value is -1.08. The van der Waals surface area contributed by atoms with Gasteiger partial charge in [0.1, 0.15) is 5.94 Å². The molecule has 1 aromatic carbocycles. The lowest BCUT2D eigenvalue weighted by Gasteiger charge is -2.11. The highest BCUT2D eigenvalue weighted by molar-refractivity contribution is 7.91. The highest BCUT2D eigenvalue weighted by Gasteiger charge is 2.36. The van der Waals surface area contributed by atoms with Crippen LogP contribution < -0.4 is 0 Å². The third-order valence-electron chi connectivity index (χ3n) is 1.70. The Labute approximate surface area is 84.1 Å². The minimum absolute atomic E-state index is 0.655. The molecule has 0 unspecified atom stereocenters. The molecule has 84 valence electrons. The average molecular weight is 240 g/mol. The average Bonchev–Trinajstić information content (AvgIpc) is 2.16. The zero-order valence-electron chi connectivity index (χ0n) is 7.32. The summed E-state index contributed by atoms with van der Waals surface area (Å²) in [5.41, 5.74) is -1.26. The lowest BCUT2D eigenvalue weighted by molar-refractivity contribution is -0.139. The molecule has 0 heterocycles.